The zero-order valence-electron chi connectivity index (χ0n) is 18.9. The van der Waals surface area contributed by atoms with Crippen LogP contribution in [0.1, 0.15) is 42.1 Å². The Hall–Kier alpha value is -2.18. The van der Waals surface area contributed by atoms with Gasteiger partial charge in [0.2, 0.25) is 10.0 Å². The van der Waals surface area contributed by atoms with Crippen molar-refractivity contribution in [3.05, 3.63) is 35.4 Å². The number of halogens is 3. The number of aliphatic carboxylic acids is 1. The number of nitrogens with zero attached hydrogens (tertiary/aromatic N) is 2. The molecule has 0 unspecified atom stereocenters. The second-order valence-corrected chi connectivity index (χ2v) is 9.73. The van der Waals surface area contributed by atoms with Gasteiger partial charge in [0.15, 0.2) is 0 Å². The highest BCUT2D eigenvalue weighted by Crippen LogP contribution is 2.13. The Balaban J connectivity index is 0.000000675. The van der Waals surface area contributed by atoms with E-state index in [9.17, 15) is 26.4 Å². The van der Waals surface area contributed by atoms with Crippen LogP contribution in [0.25, 0.3) is 0 Å². The Morgan fingerprint density at radius 1 is 1.15 bits per heavy atom. The number of hydrogen-bond acceptors (Lipinski definition) is 5. The molecule has 188 valence electrons. The summed E-state index contributed by atoms with van der Waals surface area (Å²) < 4.78 is 58.5. The van der Waals surface area contributed by atoms with Crippen LogP contribution in [0.5, 0.6) is 0 Å². The predicted octanol–water partition coefficient (Wildman–Crippen LogP) is 2.50. The molecule has 1 amide bonds. The molecular weight excluding hydrogens is 463 g/mol. The molecule has 0 spiro atoms. The number of benzene rings is 1. The average molecular weight is 496 g/mol. The van der Waals surface area contributed by atoms with E-state index in [-0.39, 0.29) is 18.2 Å². The predicted molar refractivity (Wildman–Crippen MR) is 119 cm³/mol. The van der Waals surface area contributed by atoms with E-state index in [4.69, 9.17) is 9.90 Å². The summed E-state index contributed by atoms with van der Waals surface area (Å²) in [5.41, 5.74) is 1.65. The minimum absolute atomic E-state index is 0.0172. The molecule has 0 aromatic heterocycles. The molecule has 2 N–H and O–H groups in total. The van der Waals surface area contributed by atoms with Gasteiger partial charge in [-0.1, -0.05) is 37.5 Å². The Kier molecular flexibility index (Phi) is 11.8. The standard InChI is InChI=1S/C19H31N3O3S.C2HF3O2/c1-3-4-5-11-21(19(23)18-8-6-7-17(2)16-18)14-15-26(24,25)22-12-9-20-10-13-22;3-2(4,5)1(6)7/h6-8,16,20H,3-5,9-15H2,1-2H3;(H,6,7). The highest BCUT2D eigenvalue weighted by atomic mass is 32.2. The second-order valence-electron chi connectivity index (χ2n) is 7.64. The molecule has 1 aromatic rings. The van der Waals surface area contributed by atoms with Crippen LogP contribution in [0.15, 0.2) is 24.3 Å². The number of piperazine rings is 1. The van der Waals surface area contributed by atoms with Crippen molar-refractivity contribution in [2.75, 3.05) is 45.0 Å². The zero-order valence-corrected chi connectivity index (χ0v) is 19.7. The van der Waals surface area contributed by atoms with Crippen LogP contribution in [0.4, 0.5) is 13.2 Å². The van der Waals surface area contributed by atoms with E-state index in [0.717, 1.165) is 24.8 Å². The molecule has 0 atom stereocenters. The van der Waals surface area contributed by atoms with E-state index in [0.29, 0.717) is 38.3 Å². The summed E-state index contributed by atoms with van der Waals surface area (Å²) in [4.78, 5) is 23.5. The van der Waals surface area contributed by atoms with Gasteiger partial charge in [0.25, 0.3) is 5.91 Å². The smallest absolute Gasteiger partial charge is 0.475 e. The fourth-order valence-electron chi connectivity index (χ4n) is 3.11. The fourth-order valence-corrected chi connectivity index (χ4v) is 4.55. The molecule has 2 rings (SSSR count). The number of carboxylic acid groups (broad SMARTS) is 1. The number of unbranched alkanes of at least 4 members (excludes halogenated alkanes) is 2. The van der Waals surface area contributed by atoms with Gasteiger partial charge in [0, 0.05) is 44.8 Å². The highest BCUT2D eigenvalue weighted by Gasteiger charge is 2.38. The molecule has 0 saturated carbocycles. The summed E-state index contributed by atoms with van der Waals surface area (Å²) in [6.07, 6.45) is -2.10. The van der Waals surface area contributed by atoms with Gasteiger partial charge >= 0.3 is 12.1 Å². The molecule has 33 heavy (non-hydrogen) atoms. The van der Waals surface area contributed by atoms with Crippen LogP contribution < -0.4 is 5.32 Å². The first-order valence-electron chi connectivity index (χ1n) is 10.7. The Bertz CT molecular complexity index is 872. The number of carbonyl (C=O) groups excluding carboxylic acids is 1. The molecule has 8 nitrogen and oxygen atoms in total. The number of aryl methyl sites for hydroxylation is 1. The quantitative estimate of drug-likeness (QED) is 0.510. The molecule has 1 aromatic carbocycles. The van der Waals surface area contributed by atoms with Gasteiger partial charge in [0.1, 0.15) is 0 Å². The van der Waals surface area contributed by atoms with Crippen molar-refractivity contribution >= 4 is 21.9 Å². The molecule has 0 bridgehead atoms. The van der Waals surface area contributed by atoms with Crippen LogP contribution in [-0.2, 0) is 14.8 Å². The van der Waals surface area contributed by atoms with E-state index in [2.05, 4.69) is 12.2 Å². The third kappa shape index (κ3) is 10.5. The first kappa shape index (κ1) is 28.9. The van der Waals surface area contributed by atoms with Gasteiger partial charge in [-0.3, -0.25) is 4.79 Å². The van der Waals surface area contributed by atoms with E-state index >= 15 is 0 Å². The summed E-state index contributed by atoms with van der Waals surface area (Å²) in [5.74, 6) is -2.86. The van der Waals surface area contributed by atoms with Gasteiger partial charge in [-0.05, 0) is 25.5 Å². The van der Waals surface area contributed by atoms with Gasteiger partial charge in [-0.25, -0.2) is 13.2 Å². The third-order valence-corrected chi connectivity index (χ3v) is 6.77. The number of rotatable bonds is 9. The summed E-state index contributed by atoms with van der Waals surface area (Å²) >= 11 is 0. The molecule has 1 heterocycles. The lowest BCUT2D eigenvalue weighted by Crippen LogP contribution is -2.48. The maximum atomic E-state index is 12.9. The fraction of sp³-hybridized carbons (Fsp3) is 0.619. The van der Waals surface area contributed by atoms with Gasteiger partial charge in [0.05, 0.1) is 5.75 Å². The minimum Gasteiger partial charge on any atom is -0.475 e. The van der Waals surface area contributed by atoms with Gasteiger partial charge in [-0.15, -0.1) is 0 Å². The maximum Gasteiger partial charge on any atom is 0.490 e. The van der Waals surface area contributed by atoms with E-state index in [1.165, 1.54) is 4.31 Å². The number of amides is 1. The maximum absolute atomic E-state index is 12.9. The Morgan fingerprint density at radius 3 is 2.27 bits per heavy atom. The molecule has 0 aliphatic carbocycles. The van der Waals surface area contributed by atoms with Gasteiger partial charge < -0.3 is 15.3 Å². The molecule has 1 aliphatic rings. The number of alkyl halides is 3. The first-order chi connectivity index (χ1) is 15.4. The summed E-state index contributed by atoms with van der Waals surface area (Å²) in [6.45, 7) is 7.27. The summed E-state index contributed by atoms with van der Waals surface area (Å²) in [5, 5.41) is 10.3. The SMILES string of the molecule is CCCCCN(CCS(=O)(=O)N1CCNCC1)C(=O)c1cccc(C)c1.O=C(O)C(F)(F)F. The summed E-state index contributed by atoms with van der Waals surface area (Å²) in [7, 11) is -3.33. The van der Waals surface area contributed by atoms with Crippen molar-refractivity contribution in [2.24, 2.45) is 0 Å². The van der Waals surface area contributed by atoms with Crippen LogP contribution in [0, 0.1) is 6.92 Å². The molecule has 0 radical (unpaired) electrons. The Labute approximate surface area is 192 Å². The zero-order chi connectivity index (χ0) is 25.1. The van der Waals surface area contributed by atoms with Crippen molar-refractivity contribution in [1.29, 1.82) is 0 Å². The topological polar surface area (TPSA) is 107 Å². The van der Waals surface area contributed by atoms with Crippen LogP contribution in [0.2, 0.25) is 0 Å². The lowest BCUT2D eigenvalue weighted by Gasteiger charge is -2.28. The molecule has 1 aliphatic heterocycles. The number of sulfonamides is 1. The molecule has 1 saturated heterocycles. The minimum atomic E-state index is -5.08. The van der Waals surface area contributed by atoms with Crippen LogP contribution in [0.3, 0.4) is 0 Å². The third-order valence-electron chi connectivity index (χ3n) is 4.91. The average Bonchev–Trinajstić information content (AvgIpc) is 2.76. The summed E-state index contributed by atoms with van der Waals surface area (Å²) in [6, 6.07) is 7.48. The lowest BCUT2D eigenvalue weighted by atomic mass is 10.1. The van der Waals surface area contributed by atoms with Crippen molar-refractivity contribution < 1.29 is 36.3 Å². The van der Waals surface area contributed by atoms with E-state index in [1.54, 1.807) is 11.0 Å². The number of hydrogen-bond donors (Lipinski definition) is 2. The second kappa shape index (κ2) is 13.5. The van der Waals surface area contributed by atoms with E-state index in [1.807, 2.05) is 25.1 Å². The van der Waals surface area contributed by atoms with Crippen molar-refractivity contribution in [2.45, 2.75) is 39.3 Å². The first-order valence-corrected chi connectivity index (χ1v) is 12.3. The lowest BCUT2D eigenvalue weighted by molar-refractivity contribution is -0.192. The largest absolute Gasteiger partial charge is 0.490 e. The molecule has 12 heteroatoms. The highest BCUT2D eigenvalue weighted by molar-refractivity contribution is 7.89. The van der Waals surface area contributed by atoms with Crippen molar-refractivity contribution in [3.63, 3.8) is 0 Å². The Morgan fingerprint density at radius 2 is 1.76 bits per heavy atom. The van der Waals surface area contributed by atoms with Gasteiger partial charge in [-0.2, -0.15) is 17.5 Å². The number of nitrogens with one attached hydrogen (secondary N) is 1. The normalized spacial score (nSPS) is 14.8. The van der Waals surface area contributed by atoms with Crippen LogP contribution in [-0.4, -0.2) is 85.8 Å². The van der Waals surface area contributed by atoms with Crippen molar-refractivity contribution in [1.82, 2.24) is 14.5 Å². The monoisotopic (exact) mass is 495 g/mol. The molecule has 1 fully saturated rings. The van der Waals surface area contributed by atoms with E-state index < -0.39 is 22.2 Å². The number of carboxylic acids is 1. The van der Waals surface area contributed by atoms with Crippen molar-refractivity contribution in [3.8, 4) is 0 Å². The van der Waals surface area contributed by atoms with Crippen LogP contribution >= 0.6 is 0 Å². The number of carbonyl (C=O) groups is 2. The molecular formula is C21H32F3N3O5S.